The summed E-state index contributed by atoms with van der Waals surface area (Å²) in [5, 5.41) is 3.62. The number of nitrogens with one attached hydrogen (secondary N) is 1. The highest BCUT2D eigenvalue weighted by Crippen LogP contribution is 2.36. The second-order valence-corrected chi connectivity index (χ2v) is 4.70. The van der Waals surface area contributed by atoms with Gasteiger partial charge in [-0.15, -0.1) is 0 Å². The monoisotopic (exact) mass is 292 g/mol. The molecule has 2 aromatic rings. The van der Waals surface area contributed by atoms with Crippen LogP contribution in [0.1, 0.15) is 11.1 Å². The first-order valence-corrected chi connectivity index (χ1v) is 6.65. The van der Waals surface area contributed by atoms with Gasteiger partial charge in [0.2, 0.25) is 0 Å². The summed E-state index contributed by atoms with van der Waals surface area (Å²) < 4.78 is 11.1. The van der Waals surface area contributed by atoms with Gasteiger partial charge in [0.1, 0.15) is 6.61 Å². The quantitative estimate of drug-likeness (QED) is 0.889. The van der Waals surface area contributed by atoms with Crippen molar-refractivity contribution in [3.63, 3.8) is 0 Å². The number of pyridine rings is 1. The zero-order valence-corrected chi connectivity index (χ0v) is 12.3. The van der Waals surface area contributed by atoms with E-state index >= 15 is 0 Å². The normalized spacial score (nSPS) is 10.3. The van der Waals surface area contributed by atoms with Crippen molar-refractivity contribution in [2.75, 3.05) is 14.2 Å². The van der Waals surface area contributed by atoms with Gasteiger partial charge in [-0.3, -0.25) is 4.98 Å². The van der Waals surface area contributed by atoms with Crippen LogP contribution < -0.4 is 14.8 Å². The van der Waals surface area contributed by atoms with Crippen molar-refractivity contribution in [3.05, 3.63) is 52.8 Å². The van der Waals surface area contributed by atoms with E-state index in [1.807, 2.05) is 31.3 Å². The van der Waals surface area contributed by atoms with Crippen molar-refractivity contribution < 1.29 is 9.47 Å². The molecule has 0 spiro atoms. The lowest BCUT2D eigenvalue weighted by Gasteiger charge is -2.14. The fourth-order valence-corrected chi connectivity index (χ4v) is 2.15. The Labute approximate surface area is 123 Å². The minimum Gasteiger partial charge on any atom is -0.493 e. The largest absolute Gasteiger partial charge is 0.493 e. The predicted octanol–water partition coefficient (Wildman–Crippen LogP) is 3.04. The van der Waals surface area contributed by atoms with E-state index in [4.69, 9.17) is 21.1 Å². The Bertz CT molecular complexity index is 561. The molecule has 0 bridgehead atoms. The number of rotatable bonds is 6. The van der Waals surface area contributed by atoms with Crippen LogP contribution >= 0.6 is 11.6 Å². The molecule has 5 heteroatoms. The Hall–Kier alpha value is -1.78. The zero-order valence-electron chi connectivity index (χ0n) is 11.5. The van der Waals surface area contributed by atoms with Crippen molar-refractivity contribution in [1.82, 2.24) is 10.3 Å². The highest BCUT2D eigenvalue weighted by atomic mass is 35.5. The molecule has 2 rings (SSSR count). The van der Waals surface area contributed by atoms with Crippen LogP contribution in [0.25, 0.3) is 0 Å². The van der Waals surface area contributed by atoms with Gasteiger partial charge in [0.15, 0.2) is 11.5 Å². The molecule has 0 saturated carbocycles. The van der Waals surface area contributed by atoms with Gasteiger partial charge in [0, 0.05) is 24.5 Å². The summed E-state index contributed by atoms with van der Waals surface area (Å²) in [6, 6.07) is 7.61. The minimum atomic E-state index is 0.398. The average Bonchev–Trinajstić information content (AvgIpc) is 2.47. The highest BCUT2D eigenvalue weighted by Gasteiger charge is 2.12. The van der Waals surface area contributed by atoms with Gasteiger partial charge in [-0.05, 0) is 30.8 Å². The van der Waals surface area contributed by atoms with Crippen LogP contribution in [0.15, 0.2) is 36.7 Å². The number of ether oxygens (including phenoxy) is 2. The molecule has 0 saturated heterocycles. The number of hydrogen-bond donors (Lipinski definition) is 1. The molecule has 1 heterocycles. The van der Waals surface area contributed by atoms with E-state index in [1.54, 1.807) is 19.5 Å². The molecule has 0 unspecified atom stereocenters. The fourth-order valence-electron chi connectivity index (χ4n) is 1.86. The summed E-state index contributed by atoms with van der Waals surface area (Å²) in [6.07, 6.45) is 3.49. The molecule has 106 valence electrons. The highest BCUT2D eigenvalue weighted by molar-refractivity contribution is 6.32. The predicted molar refractivity (Wildman–Crippen MR) is 79.3 cm³/mol. The summed E-state index contributed by atoms with van der Waals surface area (Å²) in [6.45, 7) is 1.12. The van der Waals surface area contributed by atoms with E-state index in [-0.39, 0.29) is 0 Å². The third-order valence-electron chi connectivity index (χ3n) is 2.78. The van der Waals surface area contributed by atoms with Gasteiger partial charge < -0.3 is 14.8 Å². The molecular weight excluding hydrogens is 276 g/mol. The number of halogens is 1. The maximum atomic E-state index is 6.27. The van der Waals surface area contributed by atoms with Crippen molar-refractivity contribution in [2.24, 2.45) is 0 Å². The van der Waals surface area contributed by atoms with Gasteiger partial charge in [-0.1, -0.05) is 17.7 Å². The van der Waals surface area contributed by atoms with Crippen molar-refractivity contribution in [1.29, 1.82) is 0 Å². The maximum absolute atomic E-state index is 6.27. The number of aromatic nitrogens is 1. The van der Waals surface area contributed by atoms with Crippen LogP contribution in [0.5, 0.6) is 11.5 Å². The Kier molecular flexibility index (Phi) is 5.21. The second-order valence-electron chi connectivity index (χ2n) is 4.29. The smallest absolute Gasteiger partial charge is 0.180 e. The SMILES string of the molecule is CNCc1cc(Cl)c(OCc2cccnc2)c(OC)c1. The molecule has 20 heavy (non-hydrogen) atoms. The van der Waals surface area contributed by atoms with E-state index in [2.05, 4.69) is 10.3 Å². The lowest BCUT2D eigenvalue weighted by atomic mass is 10.2. The number of nitrogens with zero attached hydrogens (tertiary/aromatic N) is 1. The maximum Gasteiger partial charge on any atom is 0.180 e. The van der Waals surface area contributed by atoms with E-state index in [0.29, 0.717) is 23.1 Å². The standard InChI is InChI=1S/C15H17ClN2O2/c1-17-8-12-6-13(16)15(14(7-12)19-2)20-10-11-4-3-5-18-9-11/h3-7,9,17H,8,10H2,1-2H3. The lowest BCUT2D eigenvalue weighted by Crippen LogP contribution is -2.06. The second kappa shape index (κ2) is 7.12. The Morgan fingerprint density at radius 2 is 2.15 bits per heavy atom. The van der Waals surface area contributed by atoms with E-state index < -0.39 is 0 Å². The zero-order chi connectivity index (χ0) is 14.4. The first-order valence-electron chi connectivity index (χ1n) is 6.27. The van der Waals surface area contributed by atoms with Crippen LogP contribution in [-0.2, 0) is 13.2 Å². The molecular formula is C15H17ClN2O2. The van der Waals surface area contributed by atoms with E-state index in [1.165, 1.54) is 0 Å². The number of hydrogen-bond acceptors (Lipinski definition) is 4. The van der Waals surface area contributed by atoms with Gasteiger partial charge >= 0.3 is 0 Å². The molecule has 0 fully saturated rings. The van der Waals surface area contributed by atoms with Crippen LogP contribution in [-0.4, -0.2) is 19.1 Å². The third-order valence-corrected chi connectivity index (χ3v) is 3.06. The lowest BCUT2D eigenvalue weighted by molar-refractivity contribution is 0.284. The van der Waals surface area contributed by atoms with E-state index in [0.717, 1.165) is 17.7 Å². The molecule has 1 N–H and O–H groups in total. The van der Waals surface area contributed by atoms with Crippen LogP contribution in [0, 0.1) is 0 Å². The average molecular weight is 293 g/mol. The van der Waals surface area contributed by atoms with E-state index in [9.17, 15) is 0 Å². The molecule has 0 radical (unpaired) electrons. The number of benzene rings is 1. The molecule has 0 amide bonds. The van der Waals surface area contributed by atoms with Crippen molar-refractivity contribution in [3.8, 4) is 11.5 Å². The fraction of sp³-hybridized carbons (Fsp3) is 0.267. The van der Waals surface area contributed by atoms with Gasteiger partial charge in [0.25, 0.3) is 0 Å². The van der Waals surface area contributed by atoms with Crippen molar-refractivity contribution in [2.45, 2.75) is 13.2 Å². The van der Waals surface area contributed by atoms with Crippen LogP contribution in [0.3, 0.4) is 0 Å². The topological polar surface area (TPSA) is 43.4 Å². The Morgan fingerprint density at radius 3 is 2.80 bits per heavy atom. The molecule has 0 atom stereocenters. The first-order chi connectivity index (χ1) is 9.74. The molecule has 0 aliphatic rings. The number of methoxy groups -OCH3 is 1. The Balaban J connectivity index is 2.18. The molecule has 1 aromatic carbocycles. The Morgan fingerprint density at radius 1 is 1.30 bits per heavy atom. The van der Waals surface area contributed by atoms with Gasteiger partial charge in [-0.2, -0.15) is 0 Å². The summed E-state index contributed by atoms with van der Waals surface area (Å²) in [7, 11) is 3.49. The molecule has 1 aromatic heterocycles. The molecule has 4 nitrogen and oxygen atoms in total. The van der Waals surface area contributed by atoms with Crippen molar-refractivity contribution >= 4 is 11.6 Å². The molecule has 0 aliphatic heterocycles. The molecule has 0 aliphatic carbocycles. The van der Waals surface area contributed by atoms with Gasteiger partial charge in [-0.25, -0.2) is 0 Å². The third kappa shape index (κ3) is 3.62. The summed E-state index contributed by atoms with van der Waals surface area (Å²) >= 11 is 6.27. The summed E-state index contributed by atoms with van der Waals surface area (Å²) in [5.74, 6) is 1.18. The first kappa shape index (κ1) is 14.6. The minimum absolute atomic E-state index is 0.398. The summed E-state index contributed by atoms with van der Waals surface area (Å²) in [4.78, 5) is 4.05. The van der Waals surface area contributed by atoms with Gasteiger partial charge in [0.05, 0.1) is 12.1 Å². The summed E-state index contributed by atoms with van der Waals surface area (Å²) in [5.41, 5.74) is 2.02. The van der Waals surface area contributed by atoms with Crippen LogP contribution in [0.4, 0.5) is 0 Å². The van der Waals surface area contributed by atoms with Crippen LogP contribution in [0.2, 0.25) is 5.02 Å².